The number of aromatic nitrogens is 1. The summed E-state index contributed by atoms with van der Waals surface area (Å²) in [6.45, 7) is 0.672. The number of benzene rings is 2. The Balaban J connectivity index is 0.978. The molecule has 12 nitrogen and oxygen atoms in total. The van der Waals surface area contributed by atoms with Gasteiger partial charge in [-0.2, -0.15) is 0 Å². The number of hydrogen-bond donors (Lipinski definition) is 2. The number of carbonyl (C=O) groups is 5. The Labute approximate surface area is 257 Å². The molecule has 2 aliphatic heterocycles. The minimum absolute atomic E-state index is 0.0429. The number of piperidine rings is 1. The van der Waals surface area contributed by atoms with Crippen LogP contribution in [-0.2, 0) is 19.1 Å². The number of ether oxygens (including phenoxy) is 2. The summed E-state index contributed by atoms with van der Waals surface area (Å²) in [5.74, 6) is -1.72. The number of para-hydroxylation sites is 1. The Bertz CT molecular complexity index is 1740. The summed E-state index contributed by atoms with van der Waals surface area (Å²) >= 11 is 0. The summed E-state index contributed by atoms with van der Waals surface area (Å²) in [6.07, 6.45) is 4.05. The largest absolute Gasteiger partial charge is 0.493 e. The van der Waals surface area contributed by atoms with Crippen LogP contribution in [-0.4, -0.2) is 65.3 Å². The molecule has 0 saturated carbocycles. The maximum Gasteiger partial charge on any atom is 0.266 e. The van der Waals surface area contributed by atoms with Gasteiger partial charge in [-0.25, -0.2) is 0 Å². The maximum atomic E-state index is 13.2. The van der Waals surface area contributed by atoms with Crippen molar-refractivity contribution in [3.63, 3.8) is 0 Å². The van der Waals surface area contributed by atoms with E-state index >= 15 is 0 Å². The fourth-order valence-electron chi connectivity index (χ4n) is 5.46. The quantitative estimate of drug-likeness (QED) is 0.181. The normalized spacial score (nSPS) is 16.9. The summed E-state index contributed by atoms with van der Waals surface area (Å²) in [4.78, 5) is 67.9. The molecule has 4 heterocycles. The highest BCUT2D eigenvalue weighted by atomic mass is 16.5. The molecule has 2 N–H and O–H groups in total. The minimum atomic E-state index is -1.05. The molecule has 2 unspecified atom stereocenters. The third kappa shape index (κ3) is 6.31. The van der Waals surface area contributed by atoms with Gasteiger partial charge in [-0.05, 0) is 36.8 Å². The zero-order chi connectivity index (χ0) is 31.3. The van der Waals surface area contributed by atoms with E-state index in [2.05, 4.69) is 15.6 Å². The van der Waals surface area contributed by atoms with Crippen LogP contribution in [0.4, 0.5) is 0 Å². The summed E-state index contributed by atoms with van der Waals surface area (Å²) in [6, 6.07) is 16.3. The molecule has 2 aromatic heterocycles. The Hall–Kier alpha value is -5.36. The number of nitrogens with zero attached hydrogens (tertiary/aromatic N) is 2. The molecule has 12 heteroatoms. The van der Waals surface area contributed by atoms with E-state index in [1.807, 2.05) is 36.4 Å². The van der Waals surface area contributed by atoms with Crippen LogP contribution in [0.25, 0.3) is 11.0 Å². The van der Waals surface area contributed by atoms with Crippen LogP contribution < -0.4 is 15.4 Å². The van der Waals surface area contributed by atoms with Gasteiger partial charge in [-0.3, -0.25) is 39.2 Å². The van der Waals surface area contributed by atoms with Gasteiger partial charge in [0.1, 0.15) is 29.2 Å². The summed E-state index contributed by atoms with van der Waals surface area (Å²) < 4.78 is 17.5. The first-order valence-corrected chi connectivity index (χ1v) is 14.6. The molecule has 4 aromatic rings. The van der Waals surface area contributed by atoms with Crippen molar-refractivity contribution in [1.29, 1.82) is 0 Å². The smallest absolute Gasteiger partial charge is 0.266 e. The number of nitrogens with one attached hydrogen (secondary N) is 2. The van der Waals surface area contributed by atoms with Crippen LogP contribution in [0.2, 0.25) is 0 Å². The molecule has 1 saturated heterocycles. The van der Waals surface area contributed by atoms with Crippen molar-refractivity contribution < 1.29 is 37.9 Å². The molecule has 6 rings (SSSR count). The van der Waals surface area contributed by atoms with E-state index in [1.54, 1.807) is 30.6 Å². The molecular weight excluding hydrogens is 580 g/mol. The fourth-order valence-corrected chi connectivity index (χ4v) is 5.46. The van der Waals surface area contributed by atoms with Crippen LogP contribution in [0, 0.1) is 0 Å². The SMILES string of the molecule is O=C1CCC(N2C(=O)c3cccc(OCCCOCCC(=O)NC(c4cccnc4)c4cc5ccccc5o4)c3C2=O)C(=O)N1. The average molecular weight is 611 g/mol. The number of carbonyl (C=O) groups excluding carboxylic acids is 5. The van der Waals surface area contributed by atoms with Crippen LogP contribution in [0.15, 0.2) is 77.5 Å². The maximum absolute atomic E-state index is 13.2. The van der Waals surface area contributed by atoms with Gasteiger partial charge in [0.25, 0.3) is 11.8 Å². The number of amides is 5. The fraction of sp³-hybridized carbons (Fsp3) is 0.273. The van der Waals surface area contributed by atoms with Crippen molar-refractivity contribution in [3.05, 3.63) is 95.5 Å². The van der Waals surface area contributed by atoms with E-state index in [9.17, 15) is 24.0 Å². The molecule has 0 aliphatic carbocycles. The van der Waals surface area contributed by atoms with E-state index in [0.717, 1.165) is 21.4 Å². The monoisotopic (exact) mass is 610 g/mol. The highest BCUT2D eigenvalue weighted by molar-refractivity contribution is 6.24. The van der Waals surface area contributed by atoms with Gasteiger partial charge in [0.05, 0.1) is 24.3 Å². The Morgan fingerprint density at radius 1 is 1.02 bits per heavy atom. The van der Waals surface area contributed by atoms with Crippen molar-refractivity contribution >= 4 is 40.5 Å². The number of imide groups is 2. The lowest BCUT2D eigenvalue weighted by Crippen LogP contribution is -2.54. The third-order valence-corrected chi connectivity index (χ3v) is 7.65. The third-order valence-electron chi connectivity index (χ3n) is 7.65. The number of pyridine rings is 1. The predicted octanol–water partition coefficient (Wildman–Crippen LogP) is 3.31. The second-order valence-electron chi connectivity index (χ2n) is 10.7. The van der Waals surface area contributed by atoms with Crippen LogP contribution in [0.3, 0.4) is 0 Å². The van der Waals surface area contributed by atoms with Gasteiger partial charge >= 0.3 is 0 Å². The highest BCUT2D eigenvalue weighted by Crippen LogP contribution is 2.34. The van der Waals surface area contributed by atoms with E-state index in [0.29, 0.717) is 18.8 Å². The van der Waals surface area contributed by atoms with E-state index < -0.39 is 35.7 Å². The van der Waals surface area contributed by atoms with Gasteiger partial charge < -0.3 is 19.2 Å². The van der Waals surface area contributed by atoms with Crippen LogP contribution in [0.5, 0.6) is 5.75 Å². The molecule has 45 heavy (non-hydrogen) atoms. The number of furan rings is 1. The van der Waals surface area contributed by atoms with E-state index in [4.69, 9.17) is 13.9 Å². The van der Waals surface area contributed by atoms with Gasteiger partial charge in [-0.1, -0.05) is 30.3 Å². The van der Waals surface area contributed by atoms with Crippen molar-refractivity contribution in [2.24, 2.45) is 0 Å². The first kappa shape index (κ1) is 29.7. The molecular formula is C33H30N4O8. The zero-order valence-corrected chi connectivity index (χ0v) is 24.2. The first-order valence-electron chi connectivity index (χ1n) is 14.6. The molecule has 5 amide bonds. The second kappa shape index (κ2) is 13.1. The number of hydrogen-bond acceptors (Lipinski definition) is 9. The zero-order valence-electron chi connectivity index (χ0n) is 24.2. The van der Waals surface area contributed by atoms with Gasteiger partial charge in [-0.15, -0.1) is 0 Å². The first-order chi connectivity index (χ1) is 21.9. The second-order valence-corrected chi connectivity index (χ2v) is 10.7. The van der Waals surface area contributed by atoms with Crippen LogP contribution in [0.1, 0.15) is 63.8 Å². The number of rotatable bonds is 12. The highest BCUT2D eigenvalue weighted by Gasteiger charge is 2.46. The van der Waals surface area contributed by atoms with E-state index in [1.165, 1.54) is 6.07 Å². The molecule has 1 fully saturated rings. The van der Waals surface area contributed by atoms with Crippen molar-refractivity contribution in [1.82, 2.24) is 20.5 Å². The average Bonchev–Trinajstić information content (AvgIpc) is 3.58. The van der Waals surface area contributed by atoms with Crippen molar-refractivity contribution in [2.45, 2.75) is 37.8 Å². The Morgan fingerprint density at radius 2 is 1.89 bits per heavy atom. The predicted molar refractivity (Wildman–Crippen MR) is 159 cm³/mol. The molecule has 2 atom stereocenters. The summed E-state index contributed by atoms with van der Waals surface area (Å²) in [7, 11) is 0. The molecule has 2 aliphatic rings. The standard InChI is InChI=1S/C33H30N4O8/c38-27-12-11-23(31(40)36-27)37-32(41)22-8-3-10-25(29(22)33(37)42)44-16-5-15-43-17-13-28(39)35-30(21-7-4-14-34-19-21)26-18-20-6-1-2-9-24(20)45-26/h1-4,6-10,14,18-19,23,30H,5,11-13,15-17H2,(H,35,39)(H,36,38,40). The minimum Gasteiger partial charge on any atom is -0.493 e. The molecule has 230 valence electrons. The lowest BCUT2D eigenvalue weighted by atomic mass is 10.0. The lowest BCUT2D eigenvalue weighted by molar-refractivity contribution is -0.136. The number of fused-ring (bicyclic) bond motifs is 2. The van der Waals surface area contributed by atoms with Crippen molar-refractivity contribution in [2.75, 3.05) is 19.8 Å². The van der Waals surface area contributed by atoms with Gasteiger partial charge in [0.2, 0.25) is 17.7 Å². The molecule has 0 radical (unpaired) electrons. The topological polar surface area (TPSA) is 157 Å². The van der Waals surface area contributed by atoms with Gasteiger partial charge in [0, 0.05) is 49.2 Å². The Kier molecular flexibility index (Phi) is 8.65. The molecule has 0 spiro atoms. The lowest BCUT2D eigenvalue weighted by Gasteiger charge is -2.27. The summed E-state index contributed by atoms with van der Waals surface area (Å²) in [5, 5.41) is 6.13. The van der Waals surface area contributed by atoms with Gasteiger partial charge in [0.15, 0.2) is 0 Å². The molecule has 0 bridgehead atoms. The Morgan fingerprint density at radius 3 is 2.69 bits per heavy atom. The van der Waals surface area contributed by atoms with Crippen LogP contribution >= 0.6 is 0 Å². The molecule has 2 aromatic carbocycles. The summed E-state index contributed by atoms with van der Waals surface area (Å²) in [5.41, 5.74) is 1.76. The van der Waals surface area contributed by atoms with Crippen molar-refractivity contribution in [3.8, 4) is 5.75 Å². The van der Waals surface area contributed by atoms with E-state index in [-0.39, 0.29) is 55.3 Å².